The largest absolute Gasteiger partial charge is 0.398 e. The molecule has 1 aromatic heterocycles. The van der Waals surface area contributed by atoms with Gasteiger partial charge in [0.15, 0.2) is 0 Å². The number of hydrogen-bond acceptors (Lipinski definition) is 6. The highest BCUT2D eigenvalue weighted by atomic mass is 32.2. The number of anilines is 2. The van der Waals surface area contributed by atoms with E-state index in [-0.39, 0.29) is 10.0 Å². The molecule has 6 nitrogen and oxygen atoms in total. The van der Waals surface area contributed by atoms with Crippen LogP contribution in [-0.2, 0) is 16.4 Å². The molecule has 0 fully saturated rings. The first-order valence-electron chi connectivity index (χ1n) is 5.64. The summed E-state index contributed by atoms with van der Waals surface area (Å²) in [5.74, 6) is 0. The third-order valence-electron chi connectivity index (χ3n) is 2.61. The molecule has 0 saturated heterocycles. The standard InChI is InChI=1S/C11H14N4O2S2/c1-3-10-13-14-11(18-10)15-19(16,17)9-6-4-5-8(12)7(9)2/h4-6H,3,12H2,1-2H3,(H,14,15). The number of hydrogen-bond donors (Lipinski definition) is 2. The van der Waals surface area contributed by atoms with E-state index in [1.54, 1.807) is 19.1 Å². The molecule has 0 aliphatic carbocycles. The zero-order valence-corrected chi connectivity index (χ0v) is 12.2. The van der Waals surface area contributed by atoms with Crippen LogP contribution in [0.4, 0.5) is 10.8 Å². The zero-order valence-electron chi connectivity index (χ0n) is 10.5. The van der Waals surface area contributed by atoms with E-state index in [2.05, 4.69) is 14.9 Å². The monoisotopic (exact) mass is 298 g/mol. The van der Waals surface area contributed by atoms with Crippen molar-refractivity contribution >= 4 is 32.2 Å². The maximum Gasteiger partial charge on any atom is 0.264 e. The van der Waals surface area contributed by atoms with E-state index in [4.69, 9.17) is 5.73 Å². The van der Waals surface area contributed by atoms with Crippen LogP contribution in [0, 0.1) is 6.92 Å². The Morgan fingerprint density at radius 1 is 1.37 bits per heavy atom. The predicted octanol–water partition coefficient (Wildman–Crippen LogP) is 1.79. The normalized spacial score (nSPS) is 11.5. The molecular formula is C11H14N4O2S2. The number of aryl methyl sites for hydroxylation is 1. The van der Waals surface area contributed by atoms with Crippen molar-refractivity contribution in [2.24, 2.45) is 0 Å². The number of benzene rings is 1. The van der Waals surface area contributed by atoms with Gasteiger partial charge in [-0.3, -0.25) is 4.72 Å². The number of nitrogen functional groups attached to an aromatic ring is 1. The van der Waals surface area contributed by atoms with Gasteiger partial charge in [-0.05, 0) is 31.0 Å². The predicted molar refractivity (Wildman–Crippen MR) is 75.7 cm³/mol. The maximum absolute atomic E-state index is 12.2. The van der Waals surface area contributed by atoms with Crippen molar-refractivity contribution in [2.75, 3.05) is 10.5 Å². The highest BCUT2D eigenvalue weighted by Crippen LogP contribution is 2.24. The van der Waals surface area contributed by atoms with E-state index >= 15 is 0 Å². The molecule has 0 amide bonds. The number of nitrogens with two attached hydrogens (primary N) is 1. The van der Waals surface area contributed by atoms with Gasteiger partial charge in [-0.2, -0.15) is 0 Å². The van der Waals surface area contributed by atoms with Crippen molar-refractivity contribution in [3.05, 3.63) is 28.8 Å². The minimum Gasteiger partial charge on any atom is -0.398 e. The van der Waals surface area contributed by atoms with Crippen molar-refractivity contribution in [2.45, 2.75) is 25.2 Å². The second kappa shape index (κ2) is 5.14. The molecular weight excluding hydrogens is 284 g/mol. The minimum absolute atomic E-state index is 0.153. The molecule has 19 heavy (non-hydrogen) atoms. The molecule has 2 rings (SSSR count). The van der Waals surface area contributed by atoms with Crippen LogP contribution in [0.1, 0.15) is 17.5 Å². The SMILES string of the molecule is CCc1nnc(NS(=O)(=O)c2cccc(N)c2C)s1. The van der Waals surface area contributed by atoms with E-state index in [1.807, 2.05) is 6.92 Å². The zero-order chi connectivity index (χ0) is 14.0. The Bertz CT molecular complexity index is 694. The molecule has 8 heteroatoms. The summed E-state index contributed by atoms with van der Waals surface area (Å²) in [7, 11) is -3.68. The highest BCUT2D eigenvalue weighted by molar-refractivity contribution is 7.93. The molecule has 1 heterocycles. The molecule has 0 unspecified atom stereocenters. The Balaban J connectivity index is 2.35. The quantitative estimate of drug-likeness (QED) is 0.839. The second-order valence-corrected chi connectivity index (χ2v) is 6.64. The number of nitrogens with one attached hydrogen (secondary N) is 1. The van der Waals surface area contributed by atoms with Crippen molar-refractivity contribution in [1.29, 1.82) is 0 Å². The molecule has 0 aliphatic rings. The van der Waals surface area contributed by atoms with Crippen LogP contribution in [0.25, 0.3) is 0 Å². The summed E-state index contributed by atoms with van der Waals surface area (Å²) < 4.78 is 26.9. The summed E-state index contributed by atoms with van der Waals surface area (Å²) in [6, 6.07) is 4.78. The average molecular weight is 298 g/mol. The molecule has 2 aromatic rings. The molecule has 0 atom stereocenters. The van der Waals surface area contributed by atoms with Gasteiger partial charge in [-0.15, -0.1) is 10.2 Å². The van der Waals surface area contributed by atoms with E-state index in [1.165, 1.54) is 17.4 Å². The fourth-order valence-corrected chi connectivity index (χ4v) is 3.72. The Kier molecular flexibility index (Phi) is 3.72. The van der Waals surface area contributed by atoms with E-state index in [0.717, 1.165) is 11.4 Å². The Labute approximate surface area is 115 Å². The third kappa shape index (κ3) is 2.85. The van der Waals surface area contributed by atoms with Crippen molar-refractivity contribution in [3.8, 4) is 0 Å². The molecule has 0 radical (unpaired) electrons. The van der Waals surface area contributed by atoms with Gasteiger partial charge >= 0.3 is 0 Å². The van der Waals surface area contributed by atoms with Crippen LogP contribution in [-0.4, -0.2) is 18.6 Å². The highest BCUT2D eigenvalue weighted by Gasteiger charge is 2.19. The summed E-state index contributed by atoms with van der Waals surface area (Å²) in [5.41, 5.74) is 6.68. The Morgan fingerprint density at radius 3 is 2.74 bits per heavy atom. The Hall–Kier alpha value is -1.67. The number of rotatable bonds is 4. The molecule has 0 saturated carbocycles. The van der Waals surface area contributed by atoms with Crippen LogP contribution in [0.2, 0.25) is 0 Å². The first-order chi connectivity index (χ1) is 8.94. The summed E-state index contributed by atoms with van der Waals surface area (Å²) in [6.45, 7) is 3.60. The smallest absolute Gasteiger partial charge is 0.264 e. The Morgan fingerprint density at radius 2 is 2.11 bits per heavy atom. The minimum atomic E-state index is -3.68. The lowest BCUT2D eigenvalue weighted by atomic mass is 10.2. The van der Waals surface area contributed by atoms with Gasteiger partial charge in [0.1, 0.15) is 5.01 Å². The lowest BCUT2D eigenvalue weighted by Gasteiger charge is -2.09. The summed E-state index contributed by atoms with van der Waals surface area (Å²) in [6.07, 6.45) is 0.719. The first kappa shape index (κ1) is 13.8. The van der Waals surface area contributed by atoms with Gasteiger partial charge in [0.25, 0.3) is 10.0 Å². The molecule has 3 N–H and O–H groups in total. The van der Waals surface area contributed by atoms with Crippen LogP contribution < -0.4 is 10.5 Å². The van der Waals surface area contributed by atoms with Gasteiger partial charge in [-0.1, -0.05) is 24.3 Å². The van der Waals surface area contributed by atoms with Gasteiger partial charge < -0.3 is 5.73 Å². The molecule has 0 spiro atoms. The van der Waals surface area contributed by atoms with Crippen molar-refractivity contribution in [1.82, 2.24) is 10.2 Å². The lowest BCUT2D eigenvalue weighted by Crippen LogP contribution is -2.14. The number of aromatic nitrogens is 2. The van der Waals surface area contributed by atoms with Crippen LogP contribution in [0.3, 0.4) is 0 Å². The lowest BCUT2D eigenvalue weighted by molar-refractivity contribution is 0.600. The van der Waals surface area contributed by atoms with Crippen molar-refractivity contribution < 1.29 is 8.42 Å². The van der Waals surface area contributed by atoms with E-state index in [0.29, 0.717) is 11.3 Å². The summed E-state index contributed by atoms with van der Waals surface area (Å²) in [4.78, 5) is 0.153. The first-order valence-corrected chi connectivity index (χ1v) is 7.94. The number of nitrogens with zero attached hydrogens (tertiary/aromatic N) is 2. The summed E-state index contributed by atoms with van der Waals surface area (Å²) >= 11 is 1.22. The fraction of sp³-hybridized carbons (Fsp3) is 0.273. The van der Waals surface area contributed by atoms with Crippen LogP contribution >= 0.6 is 11.3 Å². The fourth-order valence-electron chi connectivity index (χ4n) is 1.53. The van der Waals surface area contributed by atoms with Gasteiger partial charge in [0, 0.05) is 5.69 Å². The van der Waals surface area contributed by atoms with Crippen LogP contribution in [0.5, 0.6) is 0 Å². The molecule has 0 bridgehead atoms. The molecule has 1 aromatic carbocycles. The topological polar surface area (TPSA) is 98.0 Å². The third-order valence-corrected chi connectivity index (χ3v) is 5.20. The average Bonchev–Trinajstić information content (AvgIpc) is 2.79. The second-order valence-electron chi connectivity index (χ2n) is 3.93. The molecule has 0 aliphatic heterocycles. The maximum atomic E-state index is 12.2. The number of sulfonamides is 1. The van der Waals surface area contributed by atoms with E-state index < -0.39 is 10.0 Å². The van der Waals surface area contributed by atoms with Gasteiger partial charge in [-0.25, -0.2) is 8.42 Å². The van der Waals surface area contributed by atoms with Gasteiger partial charge in [0.2, 0.25) is 5.13 Å². The van der Waals surface area contributed by atoms with Crippen LogP contribution in [0.15, 0.2) is 23.1 Å². The molecule has 102 valence electrons. The van der Waals surface area contributed by atoms with Gasteiger partial charge in [0.05, 0.1) is 4.90 Å². The summed E-state index contributed by atoms with van der Waals surface area (Å²) in [5, 5.41) is 8.71. The van der Waals surface area contributed by atoms with E-state index in [9.17, 15) is 8.42 Å². The van der Waals surface area contributed by atoms with Crippen molar-refractivity contribution in [3.63, 3.8) is 0 Å².